The Hall–Kier alpha value is -3.85. The highest BCUT2D eigenvalue weighted by Gasteiger charge is 2.30. The van der Waals surface area contributed by atoms with Crippen LogP contribution in [0.4, 0.5) is 0 Å². The Morgan fingerprint density at radius 3 is 1.19 bits per heavy atom. The van der Waals surface area contributed by atoms with Crippen molar-refractivity contribution < 1.29 is 37.3 Å². The van der Waals surface area contributed by atoms with Crippen molar-refractivity contribution in [3.05, 3.63) is 134 Å². The number of likely N-dealkylation sites (N-methyl/N-ethyl adjacent to an activating group) is 1. The van der Waals surface area contributed by atoms with Crippen molar-refractivity contribution in [3.8, 4) is 0 Å². The van der Waals surface area contributed by atoms with Gasteiger partial charge < -0.3 is 19.4 Å². The lowest BCUT2D eigenvalue weighted by molar-refractivity contribution is -0.870. The van der Waals surface area contributed by atoms with E-state index in [1.54, 1.807) is 0 Å². The number of carbonyl (C=O) groups excluding carboxylic acids is 2. The first-order valence-corrected chi connectivity index (χ1v) is 35.0. The maximum Gasteiger partial charge on any atom is 0.472 e. The van der Waals surface area contributed by atoms with E-state index in [1.165, 1.54) is 103 Å². The summed E-state index contributed by atoms with van der Waals surface area (Å²) in [6, 6.07) is -0.883. The lowest BCUT2D eigenvalue weighted by Gasteiger charge is -2.27. The van der Waals surface area contributed by atoms with Gasteiger partial charge in [0.2, 0.25) is 5.91 Å². The van der Waals surface area contributed by atoms with Crippen molar-refractivity contribution in [1.82, 2.24) is 5.32 Å². The van der Waals surface area contributed by atoms with Gasteiger partial charge in [-0.2, -0.15) is 0 Å². The van der Waals surface area contributed by atoms with Crippen molar-refractivity contribution in [3.63, 3.8) is 0 Å². The van der Waals surface area contributed by atoms with Gasteiger partial charge in [0.25, 0.3) is 0 Å². The maximum atomic E-state index is 13.6. The summed E-state index contributed by atoms with van der Waals surface area (Å²) in [6.45, 7) is 6.83. The standard InChI is InChI=1S/C73H125N2O7P/c1-7-10-13-16-19-22-25-28-30-32-34-36-37-39-40-42-44-47-50-53-56-59-62-65-72(76)74-70(69-81-83(78,79)80-68-67-75(4,5)6)71(64-61-58-55-52-49-46-27-24-21-18-15-12-9-3)82-73(77)66-63-60-57-54-51-48-45-43-41-38-35-33-31-29-26-23-20-17-14-11-8-2/h11,14,19-20,22-23,28-31,34-36,38-40,43,45,51,54,61,64,70-71H,7-10,12-13,15-18,21,24-27,32-33,37,41-42,44,46-50,52-53,55-60,62-63,65-69H2,1-6H3,(H-,74,76,78,79)/p+1/b14-11-,22-19-,23-20-,30-28-,31-29-,36-34-,38-35-,40-39-,45-43-,54-51-,64-61+. The fraction of sp³-hybridized carbons (Fsp3) is 0.671. The third kappa shape index (κ3) is 62.5. The van der Waals surface area contributed by atoms with Crippen LogP contribution in [0.2, 0.25) is 0 Å². The number of nitrogens with one attached hydrogen (secondary N) is 1. The summed E-state index contributed by atoms with van der Waals surface area (Å²) in [5.41, 5.74) is 0. The van der Waals surface area contributed by atoms with E-state index in [0.717, 1.165) is 122 Å². The zero-order valence-electron chi connectivity index (χ0n) is 54.1. The summed E-state index contributed by atoms with van der Waals surface area (Å²) < 4.78 is 30.7. The second-order valence-electron chi connectivity index (χ2n) is 23.3. The lowest BCUT2D eigenvalue weighted by atomic mass is 10.0. The van der Waals surface area contributed by atoms with Gasteiger partial charge in [-0.3, -0.25) is 18.6 Å². The number of esters is 1. The predicted molar refractivity (Wildman–Crippen MR) is 359 cm³/mol. The molecule has 10 heteroatoms. The smallest absolute Gasteiger partial charge is 0.456 e. The average molecular weight is 1170 g/mol. The van der Waals surface area contributed by atoms with E-state index in [9.17, 15) is 19.0 Å². The number of carbonyl (C=O) groups is 2. The van der Waals surface area contributed by atoms with Gasteiger partial charge in [0.1, 0.15) is 19.3 Å². The first kappa shape index (κ1) is 79.2. The van der Waals surface area contributed by atoms with Crippen molar-refractivity contribution in [2.24, 2.45) is 0 Å². The summed E-state index contributed by atoms with van der Waals surface area (Å²) >= 11 is 0. The summed E-state index contributed by atoms with van der Waals surface area (Å²) in [5.74, 6) is -0.575. The van der Waals surface area contributed by atoms with E-state index in [2.05, 4.69) is 148 Å². The molecule has 0 aliphatic rings. The largest absolute Gasteiger partial charge is 0.472 e. The average Bonchev–Trinajstić information content (AvgIpc) is 3.47. The molecule has 0 aromatic heterocycles. The molecule has 0 aromatic rings. The Balaban J connectivity index is 5.32. The molecule has 0 rings (SSSR count). The van der Waals surface area contributed by atoms with Crippen molar-refractivity contribution in [2.45, 2.75) is 277 Å². The van der Waals surface area contributed by atoms with E-state index < -0.39 is 20.0 Å². The third-order valence-electron chi connectivity index (χ3n) is 14.1. The molecule has 0 spiro atoms. The number of amides is 1. The molecule has 3 unspecified atom stereocenters. The number of nitrogens with zero attached hydrogens (tertiary/aromatic N) is 1. The molecule has 2 N–H and O–H groups in total. The van der Waals surface area contributed by atoms with E-state index >= 15 is 0 Å². The van der Waals surface area contributed by atoms with Gasteiger partial charge in [0.05, 0.1) is 33.8 Å². The zero-order chi connectivity index (χ0) is 60.7. The van der Waals surface area contributed by atoms with Gasteiger partial charge in [-0.25, -0.2) is 4.57 Å². The van der Waals surface area contributed by atoms with Crippen LogP contribution in [0.3, 0.4) is 0 Å². The predicted octanol–water partition coefficient (Wildman–Crippen LogP) is 21.2. The van der Waals surface area contributed by atoms with E-state index in [0.29, 0.717) is 23.9 Å². The summed E-state index contributed by atoms with van der Waals surface area (Å²) in [7, 11) is 1.45. The van der Waals surface area contributed by atoms with Crippen LogP contribution in [0, 0.1) is 0 Å². The molecule has 1 amide bonds. The number of phosphoric ester groups is 1. The fourth-order valence-corrected chi connectivity index (χ4v) is 9.66. The number of quaternary nitrogens is 1. The van der Waals surface area contributed by atoms with Gasteiger partial charge >= 0.3 is 13.8 Å². The Kier molecular flexibility index (Phi) is 58.4. The maximum absolute atomic E-state index is 13.6. The number of hydrogen-bond acceptors (Lipinski definition) is 6. The molecule has 0 bridgehead atoms. The third-order valence-corrected chi connectivity index (χ3v) is 15.1. The van der Waals surface area contributed by atoms with Gasteiger partial charge in [0, 0.05) is 12.8 Å². The van der Waals surface area contributed by atoms with Crippen molar-refractivity contribution in [1.29, 1.82) is 0 Å². The zero-order valence-corrected chi connectivity index (χ0v) is 55.0. The molecule has 0 heterocycles. The van der Waals surface area contributed by atoms with Crippen LogP contribution in [-0.4, -0.2) is 74.3 Å². The van der Waals surface area contributed by atoms with E-state index in [4.69, 9.17) is 13.8 Å². The summed E-state index contributed by atoms with van der Waals surface area (Å²) in [5, 5.41) is 3.05. The minimum absolute atomic E-state index is 0.0233. The van der Waals surface area contributed by atoms with Gasteiger partial charge in [-0.1, -0.05) is 258 Å². The Bertz CT molecular complexity index is 1880. The number of allylic oxidation sites excluding steroid dienone is 21. The van der Waals surface area contributed by atoms with E-state index in [1.807, 2.05) is 33.3 Å². The molecular formula is C73H126N2O7P+. The van der Waals surface area contributed by atoms with Crippen molar-refractivity contribution in [2.75, 3.05) is 40.9 Å². The summed E-state index contributed by atoms with van der Waals surface area (Å²) in [6.07, 6.45) is 87.4. The normalized spacial score (nSPS) is 14.4. The van der Waals surface area contributed by atoms with Crippen LogP contribution < -0.4 is 5.32 Å². The quantitative estimate of drug-likeness (QED) is 0.0205. The molecule has 9 nitrogen and oxygen atoms in total. The Morgan fingerprint density at radius 1 is 0.434 bits per heavy atom. The van der Waals surface area contributed by atoms with Gasteiger partial charge in [-0.05, 0) is 128 Å². The Labute approximate surface area is 511 Å². The molecule has 3 atom stereocenters. The molecule has 0 saturated carbocycles. The minimum Gasteiger partial charge on any atom is -0.456 e. The number of hydrogen-bond donors (Lipinski definition) is 2. The molecule has 474 valence electrons. The highest BCUT2D eigenvalue weighted by atomic mass is 31.2. The molecule has 0 aromatic carbocycles. The molecule has 0 aliphatic carbocycles. The number of ether oxygens (including phenoxy) is 1. The molecule has 0 fully saturated rings. The Morgan fingerprint density at radius 2 is 0.771 bits per heavy atom. The molecule has 0 saturated heterocycles. The number of phosphoric acid groups is 1. The molecule has 0 aliphatic heterocycles. The van der Waals surface area contributed by atoms with E-state index in [-0.39, 0.29) is 31.5 Å². The SMILES string of the molecule is CC/C=C\C/C=C\C/C=C\C/C=C\C/C=C\C/C=C\CCCCC(=O)OC(/C=C/CCCCCCCCCCCCC)C(COP(=O)(O)OCC[N+](C)(C)C)NC(=O)CCCCCCCCC/C=C\C/C=C\C/C=C\C/C=C\CCCCC. The second kappa shape index (κ2) is 61.2. The van der Waals surface area contributed by atoms with Crippen molar-refractivity contribution >= 4 is 19.7 Å². The lowest BCUT2D eigenvalue weighted by Crippen LogP contribution is -2.47. The summed E-state index contributed by atoms with van der Waals surface area (Å²) in [4.78, 5) is 37.8. The van der Waals surface area contributed by atoms with Gasteiger partial charge in [0.15, 0.2) is 0 Å². The minimum atomic E-state index is -4.48. The second-order valence-corrected chi connectivity index (χ2v) is 24.7. The molecule has 0 radical (unpaired) electrons. The van der Waals surface area contributed by atoms with Crippen LogP contribution in [0.15, 0.2) is 134 Å². The highest BCUT2D eigenvalue weighted by molar-refractivity contribution is 7.47. The van der Waals surface area contributed by atoms with Crippen LogP contribution in [0.5, 0.6) is 0 Å². The molecular weight excluding hydrogens is 1050 g/mol. The molecule has 83 heavy (non-hydrogen) atoms. The van der Waals surface area contributed by atoms with Crippen LogP contribution in [0.25, 0.3) is 0 Å². The number of unbranched alkanes of at least 4 members (excludes halogenated alkanes) is 23. The topological polar surface area (TPSA) is 111 Å². The fourth-order valence-electron chi connectivity index (χ4n) is 8.93. The van der Waals surface area contributed by atoms with Crippen LogP contribution in [-0.2, 0) is 27.9 Å². The van der Waals surface area contributed by atoms with Crippen LogP contribution >= 0.6 is 7.82 Å². The first-order valence-electron chi connectivity index (χ1n) is 33.5. The van der Waals surface area contributed by atoms with Gasteiger partial charge in [-0.15, -0.1) is 0 Å². The van der Waals surface area contributed by atoms with Crippen LogP contribution in [0.1, 0.15) is 265 Å². The first-order chi connectivity index (χ1) is 40.4. The highest BCUT2D eigenvalue weighted by Crippen LogP contribution is 2.43. The monoisotopic (exact) mass is 1170 g/mol. The number of rotatable bonds is 59.